The molecule has 0 aromatic heterocycles. The average Bonchev–Trinajstić information content (AvgIpc) is 1.59. The summed E-state index contributed by atoms with van der Waals surface area (Å²) < 4.78 is 1.10. The average molecular weight is 217 g/mol. The van der Waals surface area contributed by atoms with Gasteiger partial charge in [0.15, 0.2) is 0 Å². The van der Waals surface area contributed by atoms with Crippen molar-refractivity contribution in [1.82, 2.24) is 0 Å². The van der Waals surface area contributed by atoms with Gasteiger partial charge >= 0.3 is 0 Å². The van der Waals surface area contributed by atoms with Crippen molar-refractivity contribution in [2.24, 2.45) is 0 Å². The number of hydrogen-bond donors (Lipinski definition) is 0. The van der Waals surface area contributed by atoms with E-state index in [0.29, 0.717) is 0 Å². The zero-order valence-electron chi connectivity index (χ0n) is 6.96. The Hall–Kier alpha value is -0.00312. The van der Waals surface area contributed by atoms with Gasteiger partial charge in [-0.3, -0.25) is 0 Å². The van der Waals surface area contributed by atoms with E-state index in [-0.39, 0.29) is 0 Å². The Balaban J connectivity index is 4.07. The molecule has 0 N–H and O–H groups in total. The van der Waals surface area contributed by atoms with E-state index in [0.717, 1.165) is 4.48 Å². The summed E-state index contributed by atoms with van der Waals surface area (Å²) >= 11 is 3.32. The predicted molar refractivity (Wildman–Crippen MR) is 53.8 cm³/mol. The Morgan fingerprint density at radius 3 is 2.20 bits per heavy atom. The van der Waals surface area contributed by atoms with Gasteiger partial charge in [0.25, 0.3) is 0 Å². The maximum atomic E-state index is 3.32. The van der Waals surface area contributed by atoms with E-state index in [9.17, 15) is 0 Å². The predicted octanol–water partition coefficient (Wildman–Crippen LogP) is 3.17. The summed E-state index contributed by atoms with van der Waals surface area (Å²) in [5, 5.41) is 0. The summed E-state index contributed by atoms with van der Waals surface area (Å²) in [5.41, 5.74) is 3.24. The molecule has 0 atom stereocenters. The quantitative estimate of drug-likeness (QED) is 0.432. The van der Waals surface area contributed by atoms with Gasteiger partial charge in [-0.1, -0.05) is 41.5 Å². The molecule has 0 aliphatic rings. The van der Waals surface area contributed by atoms with E-state index in [1.807, 2.05) is 13.0 Å². The van der Waals surface area contributed by atoms with Crippen molar-refractivity contribution in [2.45, 2.75) is 26.6 Å². The molecule has 0 spiro atoms. The van der Waals surface area contributed by atoms with Gasteiger partial charge in [-0.25, -0.2) is 0 Å². The van der Waals surface area contributed by atoms with Crippen molar-refractivity contribution in [3.63, 3.8) is 0 Å². The maximum Gasteiger partial charge on any atom is 0.129 e. The van der Waals surface area contributed by atoms with Gasteiger partial charge in [0.05, 0.1) is 0 Å². The molecule has 0 aliphatic heterocycles. The van der Waals surface area contributed by atoms with Gasteiger partial charge in [-0.05, 0) is 13.0 Å². The Bertz CT molecular complexity index is 184. The second-order valence-corrected chi connectivity index (χ2v) is 9.25. The van der Waals surface area contributed by atoms with E-state index in [4.69, 9.17) is 0 Å². The van der Waals surface area contributed by atoms with E-state index in [1.165, 1.54) is 0 Å². The van der Waals surface area contributed by atoms with Gasteiger partial charge in [-0.15, -0.1) is 5.54 Å². The van der Waals surface area contributed by atoms with Gasteiger partial charge in [0.1, 0.15) is 8.07 Å². The van der Waals surface area contributed by atoms with Gasteiger partial charge in [-0.2, -0.15) is 0 Å². The zero-order chi connectivity index (χ0) is 8.20. The first-order valence-electron chi connectivity index (χ1n) is 3.27. The van der Waals surface area contributed by atoms with Crippen molar-refractivity contribution in [2.75, 3.05) is 0 Å². The lowest BCUT2D eigenvalue weighted by molar-refractivity contribution is 1.71. The highest BCUT2D eigenvalue weighted by Crippen LogP contribution is 2.01. The minimum Gasteiger partial charge on any atom is -0.127 e. The molecule has 0 amide bonds. The highest BCUT2D eigenvalue weighted by molar-refractivity contribution is 9.11. The van der Waals surface area contributed by atoms with Gasteiger partial charge < -0.3 is 0 Å². The van der Waals surface area contributed by atoms with Crippen LogP contribution in [0.25, 0.3) is 0 Å². The standard InChI is InChI=1S/C8H13BrSi/c1-8(9)6-5-7-10(2,3)4/h6H,1-4H3/b8-6+. The van der Waals surface area contributed by atoms with Crippen LogP contribution in [0.2, 0.25) is 19.6 Å². The Labute approximate surface area is 72.9 Å². The van der Waals surface area contributed by atoms with Crippen molar-refractivity contribution in [3.05, 3.63) is 10.6 Å². The van der Waals surface area contributed by atoms with Crippen LogP contribution in [0.3, 0.4) is 0 Å². The summed E-state index contributed by atoms with van der Waals surface area (Å²) in [5.74, 6) is 3.03. The third kappa shape index (κ3) is 8.00. The minimum absolute atomic E-state index is 1.10. The fraction of sp³-hybridized carbons (Fsp3) is 0.500. The number of rotatable bonds is 0. The van der Waals surface area contributed by atoms with Crippen LogP contribution in [0.15, 0.2) is 10.6 Å². The summed E-state index contributed by atoms with van der Waals surface area (Å²) in [6.07, 6.45) is 1.90. The summed E-state index contributed by atoms with van der Waals surface area (Å²) in [4.78, 5) is 0. The third-order valence-electron chi connectivity index (χ3n) is 0.718. The zero-order valence-corrected chi connectivity index (χ0v) is 9.54. The second kappa shape index (κ2) is 4.00. The molecule has 0 fully saturated rings. The monoisotopic (exact) mass is 216 g/mol. The van der Waals surface area contributed by atoms with Crippen LogP contribution in [-0.4, -0.2) is 8.07 Å². The van der Waals surface area contributed by atoms with Crippen molar-refractivity contribution in [1.29, 1.82) is 0 Å². The maximum absolute atomic E-state index is 3.32. The van der Waals surface area contributed by atoms with Crippen molar-refractivity contribution >= 4 is 24.0 Å². The molecular formula is C8H13BrSi. The molecule has 0 radical (unpaired) electrons. The SMILES string of the molecule is C/C(Br)=C\C#C[Si](C)(C)C. The molecule has 0 unspecified atom stereocenters. The molecular weight excluding hydrogens is 204 g/mol. The summed E-state index contributed by atoms with van der Waals surface area (Å²) in [6.45, 7) is 8.69. The lowest BCUT2D eigenvalue weighted by Gasteiger charge is -2.02. The van der Waals surface area contributed by atoms with E-state index < -0.39 is 8.07 Å². The molecule has 2 heteroatoms. The Morgan fingerprint density at radius 1 is 1.40 bits per heavy atom. The molecule has 0 heterocycles. The first kappa shape index (κ1) is 10.00. The first-order valence-corrected chi connectivity index (χ1v) is 7.56. The van der Waals surface area contributed by atoms with E-state index in [2.05, 4.69) is 47.0 Å². The lowest BCUT2D eigenvalue weighted by atomic mass is 10.5. The van der Waals surface area contributed by atoms with E-state index >= 15 is 0 Å². The molecule has 0 bridgehead atoms. The molecule has 56 valence electrons. The van der Waals surface area contributed by atoms with Crippen LogP contribution in [0, 0.1) is 11.5 Å². The number of allylic oxidation sites excluding steroid dienone is 2. The van der Waals surface area contributed by atoms with Crippen LogP contribution in [-0.2, 0) is 0 Å². The highest BCUT2D eigenvalue weighted by atomic mass is 79.9. The Kier molecular flexibility index (Phi) is 4.00. The molecule has 0 saturated heterocycles. The molecule has 0 aliphatic carbocycles. The molecule has 0 aromatic rings. The van der Waals surface area contributed by atoms with Crippen LogP contribution in [0.4, 0.5) is 0 Å². The van der Waals surface area contributed by atoms with Gasteiger partial charge in [0.2, 0.25) is 0 Å². The first-order chi connectivity index (χ1) is 4.42. The highest BCUT2D eigenvalue weighted by Gasteiger charge is 2.06. The minimum atomic E-state index is -1.15. The topological polar surface area (TPSA) is 0 Å². The normalized spacial score (nSPS) is 12.3. The second-order valence-electron chi connectivity index (χ2n) is 3.25. The molecule has 0 aromatic carbocycles. The Morgan fingerprint density at radius 2 is 1.90 bits per heavy atom. The van der Waals surface area contributed by atoms with Crippen LogP contribution < -0.4 is 0 Å². The van der Waals surface area contributed by atoms with Crippen molar-refractivity contribution in [3.8, 4) is 11.5 Å². The largest absolute Gasteiger partial charge is 0.129 e. The van der Waals surface area contributed by atoms with Gasteiger partial charge in [0, 0.05) is 4.48 Å². The van der Waals surface area contributed by atoms with Crippen LogP contribution in [0.5, 0.6) is 0 Å². The smallest absolute Gasteiger partial charge is 0.127 e. The number of hydrogen-bond acceptors (Lipinski definition) is 0. The fourth-order valence-electron chi connectivity index (χ4n) is 0.352. The lowest BCUT2D eigenvalue weighted by Crippen LogP contribution is -2.16. The molecule has 0 rings (SSSR count). The third-order valence-corrected chi connectivity index (χ3v) is 1.84. The van der Waals surface area contributed by atoms with E-state index in [1.54, 1.807) is 0 Å². The van der Waals surface area contributed by atoms with Crippen molar-refractivity contribution < 1.29 is 0 Å². The fourth-order valence-corrected chi connectivity index (χ4v) is 0.972. The number of halogens is 1. The molecule has 0 nitrogen and oxygen atoms in total. The molecule has 10 heavy (non-hydrogen) atoms. The molecule has 0 saturated carbocycles. The summed E-state index contributed by atoms with van der Waals surface area (Å²) in [6, 6.07) is 0. The van der Waals surface area contributed by atoms with Crippen LogP contribution >= 0.6 is 15.9 Å². The summed E-state index contributed by atoms with van der Waals surface area (Å²) in [7, 11) is -1.15. The van der Waals surface area contributed by atoms with Crippen LogP contribution in [0.1, 0.15) is 6.92 Å².